The third-order valence-electron chi connectivity index (χ3n) is 2.58. The Morgan fingerprint density at radius 1 is 1.29 bits per heavy atom. The fourth-order valence-corrected chi connectivity index (χ4v) is 3.01. The molecule has 1 nitrogen and oxygen atoms in total. The lowest BCUT2D eigenvalue weighted by Gasteiger charge is -2.25. The largest absolute Gasteiger partial charge is 0.457 e. The second-order valence-corrected chi connectivity index (χ2v) is 6.35. The van der Waals surface area contributed by atoms with Crippen molar-refractivity contribution >= 4 is 20.2 Å². The van der Waals surface area contributed by atoms with Gasteiger partial charge >= 0.3 is 0 Å². The zero-order chi connectivity index (χ0) is 10.8. The van der Waals surface area contributed by atoms with E-state index in [1.54, 1.807) is 0 Å². The minimum atomic E-state index is 0.0812. The van der Waals surface area contributed by atoms with Crippen LogP contribution in [-0.2, 0) is 9.15 Å². The van der Waals surface area contributed by atoms with E-state index in [2.05, 4.69) is 56.4 Å². The van der Waals surface area contributed by atoms with E-state index in [-0.39, 0.29) is 5.04 Å². The molecule has 0 N–H and O–H groups in total. The van der Waals surface area contributed by atoms with E-state index in [0.29, 0.717) is 9.76 Å². The number of rotatable bonds is 3. The number of aryl methyl sites for hydroxylation is 1. The molecule has 5 radical (unpaired) electrons. The predicted molar refractivity (Wildman–Crippen MR) is 61.5 cm³/mol. The molecule has 14 heavy (non-hydrogen) atoms. The topological polar surface area (TPSA) is 9.23 Å². The van der Waals surface area contributed by atoms with Crippen molar-refractivity contribution in [2.75, 3.05) is 0 Å². The first-order chi connectivity index (χ1) is 6.49. The zero-order valence-corrected chi connectivity index (χ0v) is 11.1. The summed E-state index contributed by atoms with van der Waals surface area (Å²) in [6, 6.07) is 6.44. The molecule has 3 heteroatoms. The molecule has 0 aliphatic carbocycles. The van der Waals surface area contributed by atoms with Crippen molar-refractivity contribution in [2.45, 2.75) is 32.7 Å². The summed E-state index contributed by atoms with van der Waals surface area (Å²) in [4.78, 5) is 0. The summed E-state index contributed by atoms with van der Waals surface area (Å²) in [5, 5.41) is 0.0812. The summed E-state index contributed by atoms with van der Waals surface area (Å²) in [5.74, 6) is 0. The molecule has 0 fully saturated rings. The summed E-state index contributed by atoms with van der Waals surface area (Å²) in [6.07, 6.45) is 0. The lowest BCUT2D eigenvalue weighted by atomic mass is 9.94. The summed E-state index contributed by atoms with van der Waals surface area (Å²) < 4.78 is 5.09. The average Bonchev–Trinajstić information content (AvgIpc) is 2.09. The SMILES string of the molecule is Cc1cccc(C(C)(C)[Si]O[Si])c1C. The monoisotopic (exact) mass is 219 g/mol. The van der Waals surface area contributed by atoms with Crippen LogP contribution in [0.1, 0.15) is 30.5 Å². The maximum absolute atomic E-state index is 5.09. The Balaban J connectivity index is 3.12. The van der Waals surface area contributed by atoms with Crippen LogP contribution < -0.4 is 0 Å². The van der Waals surface area contributed by atoms with Gasteiger partial charge in [0.15, 0.2) is 0 Å². The van der Waals surface area contributed by atoms with Gasteiger partial charge in [-0.3, -0.25) is 0 Å². The van der Waals surface area contributed by atoms with Crippen LogP contribution in [0.2, 0.25) is 0 Å². The third kappa shape index (κ3) is 2.35. The van der Waals surface area contributed by atoms with Gasteiger partial charge in [-0.25, -0.2) is 0 Å². The molecule has 73 valence electrons. The van der Waals surface area contributed by atoms with Crippen LogP contribution in [0.4, 0.5) is 0 Å². The van der Waals surface area contributed by atoms with Crippen LogP contribution in [0.3, 0.4) is 0 Å². The van der Waals surface area contributed by atoms with E-state index in [0.717, 1.165) is 0 Å². The van der Waals surface area contributed by atoms with E-state index in [1.165, 1.54) is 16.7 Å². The lowest BCUT2D eigenvalue weighted by molar-refractivity contribution is 0.584. The molecule has 1 rings (SSSR count). The highest BCUT2D eigenvalue weighted by Gasteiger charge is 2.24. The highest BCUT2D eigenvalue weighted by Crippen LogP contribution is 2.26. The van der Waals surface area contributed by atoms with Crippen molar-refractivity contribution < 1.29 is 4.12 Å². The molecule has 0 heterocycles. The number of benzene rings is 1. The zero-order valence-electron chi connectivity index (χ0n) is 9.14. The van der Waals surface area contributed by atoms with Crippen LogP contribution >= 0.6 is 0 Å². The van der Waals surface area contributed by atoms with Gasteiger partial charge in [-0.1, -0.05) is 32.0 Å². The molecule has 0 saturated heterocycles. The Morgan fingerprint density at radius 2 is 1.93 bits per heavy atom. The van der Waals surface area contributed by atoms with Gasteiger partial charge in [-0.05, 0) is 30.5 Å². The van der Waals surface area contributed by atoms with Gasteiger partial charge in [0, 0.05) is 5.04 Å². The second-order valence-electron chi connectivity index (χ2n) is 4.08. The summed E-state index contributed by atoms with van der Waals surface area (Å²) in [6.45, 7) is 8.72. The fourth-order valence-electron chi connectivity index (χ4n) is 1.61. The molecule has 0 spiro atoms. The van der Waals surface area contributed by atoms with Crippen molar-refractivity contribution in [2.24, 2.45) is 0 Å². The second kappa shape index (κ2) is 4.42. The third-order valence-corrected chi connectivity index (χ3v) is 3.77. The molecule has 0 aliphatic heterocycles. The van der Waals surface area contributed by atoms with Gasteiger partial charge in [-0.15, -0.1) is 0 Å². The fraction of sp³-hybridized carbons (Fsp3) is 0.455. The molecule has 0 amide bonds. The highest BCUT2D eigenvalue weighted by molar-refractivity contribution is 6.38. The minimum Gasteiger partial charge on any atom is -0.457 e. The Labute approximate surface area is 92.4 Å². The van der Waals surface area contributed by atoms with E-state index in [9.17, 15) is 0 Å². The molecule has 0 saturated carbocycles. The molecular formula is C11H15OSi2. The van der Waals surface area contributed by atoms with E-state index in [1.807, 2.05) is 0 Å². The van der Waals surface area contributed by atoms with Gasteiger partial charge in [0.1, 0.15) is 0 Å². The molecule has 0 bridgehead atoms. The molecule has 1 aromatic rings. The molecule has 0 unspecified atom stereocenters. The van der Waals surface area contributed by atoms with Gasteiger partial charge < -0.3 is 4.12 Å². The molecular weight excluding hydrogens is 204 g/mol. The first-order valence-electron chi connectivity index (χ1n) is 4.65. The maximum atomic E-state index is 5.09. The minimum absolute atomic E-state index is 0.0812. The predicted octanol–water partition coefficient (Wildman–Crippen LogP) is 2.26. The Bertz CT molecular complexity index is 321. The average molecular weight is 219 g/mol. The number of hydrogen-bond donors (Lipinski definition) is 0. The van der Waals surface area contributed by atoms with E-state index < -0.39 is 0 Å². The Hall–Kier alpha value is -0.386. The summed E-state index contributed by atoms with van der Waals surface area (Å²) in [7, 11) is 3.51. The quantitative estimate of drug-likeness (QED) is 0.709. The number of hydrogen-bond acceptors (Lipinski definition) is 1. The smallest absolute Gasteiger partial charge is 0.229 e. The van der Waals surface area contributed by atoms with Crippen molar-refractivity contribution in [3.63, 3.8) is 0 Å². The molecule has 1 aromatic carbocycles. The normalized spacial score (nSPS) is 11.8. The van der Waals surface area contributed by atoms with Crippen molar-refractivity contribution in [1.29, 1.82) is 0 Å². The van der Waals surface area contributed by atoms with Gasteiger partial charge in [-0.2, -0.15) is 0 Å². The van der Waals surface area contributed by atoms with Crippen LogP contribution in [-0.4, -0.2) is 20.2 Å². The van der Waals surface area contributed by atoms with E-state index >= 15 is 0 Å². The highest BCUT2D eigenvalue weighted by atomic mass is 28.3. The van der Waals surface area contributed by atoms with Crippen molar-refractivity contribution in [3.05, 3.63) is 34.9 Å². The standard InChI is InChI=1S/C11H15OSi2/c1-8-6-5-7-10(9(8)2)11(3,4)14-12-13/h5-7H,1-4H3. The Kier molecular flexibility index (Phi) is 3.69. The molecule has 0 aromatic heterocycles. The molecule has 0 aliphatic rings. The lowest BCUT2D eigenvalue weighted by Crippen LogP contribution is -2.28. The first-order valence-corrected chi connectivity index (χ1v) is 5.97. The van der Waals surface area contributed by atoms with E-state index in [4.69, 9.17) is 4.12 Å². The summed E-state index contributed by atoms with van der Waals surface area (Å²) in [5.41, 5.74) is 4.08. The van der Waals surface area contributed by atoms with Crippen molar-refractivity contribution in [3.8, 4) is 0 Å². The van der Waals surface area contributed by atoms with Crippen LogP contribution in [0.15, 0.2) is 18.2 Å². The van der Waals surface area contributed by atoms with Gasteiger partial charge in [0.25, 0.3) is 0 Å². The Morgan fingerprint density at radius 3 is 2.50 bits per heavy atom. The van der Waals surface area contributed by atoms with Gasteiger partial charge in [0.05, 0.1) is 0 Å². The van der Waals surface area contributed by atoms with Gasteiger partial charge in [0.2, 0.25) is 20.2 Å². The maximum Gasteiger partial charge on any atom is 0.229 e. The van der Waals surface area contributed by atoms with Crippen LogP contribution in [0, 0.1) is 13.8 Å². The van der Waals surface area contributed by atoms with Crippen LogP contribution in [0.5, 0.6) is 0 Å². The first kappa shape index (κ1) is 11.7. The van der Waals surface area contributed by atoms with Crippen LogP contribution in [0.25, 0.3) is 0 Å². The molecule has 0 atom stereocenters. The van der Waals surface area contributed by atoms with Crippen molar-refractivity contribution in [1.82, 2.24) is 0 Å². The summed E-state index contributed by atoms with van der Waals surface area (Å²) >= 11 is 0.